The van der Waals surface area contributed by atoms with Gasteiger partial charge in [-0.05, 0) is 24.6 Å². The molecular weight excluding hydrogens is 333 g/mol. The lowest BCUT2D eigenvalue weighted by atomic mass is 10.2. The molecule has 1 aromatic heterocycles. The maximum Gasteiger partial charge on any atom is 0.421 e. The van der Waals surface area contributed by atoms with Gasteiger partial charge in [-0.3, -0.25) is 0 Å². The van der Waals surface area contributed by atoms with E-state index in [0.717, 1.165) is 12.8 Å². The lowest BCUT2D eigenvalue weighted by molar-refractivity contribution is -0.137. The Labute approximate surface area is 143 Å². The van der Waals surface area contributed by atoms with Gasteiger partial charge in [-0.2, -0.15) is 23.4 Å². The monoisotopic (exact) mass is 350 g/mol. The van der Waals surface area contributed by atoms with Gasteiger partial charge < -0.3 is 9.64 Å². The largest absolute Gasteiger partial charge is 0.463 e. The van der Waals surface area contributed by atoms with Gasteiger partial charge in [-0.25, -0.2) is 4.98 Å². The van der Waals surface area contributed by atoms with Crippen molar-refractivity contribution in [3.05, 3.63) is 41.6 Å². The summed E-state index contributed by atoms with van der Waals surface area (Å²) in [6, 6.07) is 8.10. The zero-order valence-electron chi connectivity index (χ0n) is 13.8. The molecule has 0 aliphatic rings. The fourth-order valence-electron chi connectivity index (χ4n) is 2.10. The van der Waals surface area contributed by atoms with Crippen molar-refractivity contribution in [1.82, 2.24) is 9.97 Å². The smallest absolute Gasteiger partial charge is 0.421 e. The molecule has 2 aromatic rings. The third-order valence-electron chi connectivity index (χ3n) is 3.46. The highest BCUT2D eigenvalue weighted by Gasteiger charge is 2.36. The molecule has 0 radical (unpaired) electrons. The first-order valence-electron chi connectivity index (χ1n) is 7.67. The summed E-state index contributed by atoms with van der Waals surface area (Å²) in [7, 11) is 1.45. The summed E-state index contributed by atoms with van der Waals surface area (Å²) in [5.41, 5.74) is -0.227. The summed E-state index contributed by atoms with van der Waals surface area (Å²) >= 11 is 0. The van der Waals surface area contributed by atoms with Crippen molar-refractivity contribution in [3.8, 4) is 12.1 Å². The van der Waals surface area contributed by atoms with Crippen molar-refractivity contribution < 1.29 is 17.9 Å². The Hall–Kier alpha value is -2.82. The predicted molar refractivity (Wildman–Crippen MR) is 86.7 cm³/mol. The molecule has 25 heavy (non-hydrogen) atoms. The minimum atomic E-state index is -4.61. The zero-order valence-corrected chi connectivity index (χ0v) is 13.8. The molecule has 0 atom stereocenters. The van der Waals surface area contributed by atoms with E-state index in [4.69, 9.17) is 10.00 Å². The summed E-state index contributed by atoms with van der Waals surface area (Å²) in [5.74, 6) is -0.330. The standard InChI is InChI=1S/C17H17F3N4O/c1-3-4-8-25-16-22-11-14(17(18,19)20)15(23-16)24(2)13-7-5-6-12(9-13)10-21/h5-7,9,11H,3-4,8H2,1-2H3. The van der Waals surface area contributed by atoms with Crippen molar-refractivity contribution >= 4 is 11.5 Å². The van der Waals surface area contributed by atoms with Gasteiger partial charge in [-0.1, -0.05) is 19.4 Å². The molecule has 0 saturated heterocycles. The second-order valence-corrected chi connectivity index (χ2v) is 5.31. The number of benzene rings is 1. The van der Waals surface area contributed by atoms with E-state index in [9.17, 15) is 13.2 Å². The first-order valence-corrected chi connectivity index (χ1v) is 7.67. The Bertz CT molecular complexity index is 771. The van der Waals surface area contributed by atoms with Crippen LogP contribution in [0.25, 0.3) is 0 Å². The first kappa shape index (κ1) is 18.5. The molecule has 5 nitrogen and oxygen atoms in total. The molecule has 0 bridgehead atoms. The van der Waals surface area contributed by atoms with Crippen LogP contribution in [0.3, 0.4) is 0 Å². The zero-order chi connectivity index (χ0) is 18.4. The van der Waals surface area contributed by atoms with Crippen LogP contribution in [-0.2, 0) is 6.18 Å². The van der Waals surface area contributed by atoms with E-state index in [0.29, 0.717) is 24.1 Å². The van der Waals surface area contributed by atoms with E-state index in [1.54, 1.807) is 18.2 Å². The summed E-state index contributed by atoms with van der Waals surface area (Å²) in [6.45, 7) is 2.30. The Morgan fingerprint density at radius 3 is 2.72 bits per heavy atom. The van der Waals surface area contributed by atoms with Crippen LogP contribution in [0, 0.1) is 11.3 Å². The molecular formula is C17H17F3N4O. The topological polar surface area (TPSA) is 62.0 Å². The molecule has 0 aliphatic carbocycles. The highest BCUT2D eigenvalue weighted by molar-refractivity contribution is 5.64. The molecule has 0 saturated carbocycles. The Balaban J connectivity index is 2.43. The Kier molecular flexibility index (Phi) is 5.80. The molecule has 2 rings (SSSR count). The average molecular weight is 350 g/mol. The number of ether oxygens (including phenoxy) is 1. The van der Waals surface area contributed by atoms with Crippen LogP contribution in [0.2, 0.25) is 0 Å². The van der Waals surface area contributed by atoms with Gasteiger partial charge in [0.15, 0.2) is 5.82 Å². The summed E-state index contributed by atoms with van der Waals surface area (Å²) < 4.78 is 45.2. The first-order chi connectivity index (χ1) is 11.9. The summed E-state index contributed by atoms with van der Waals surface area (Å²) in [6.07, 6.45) is -2.26. The van der Waals surface area contributed by atoms with E-state index in [1.165, 1.54) is 18.0 Å². The minimum absolute atomic E-state index is 0.111. The molecule has 0 fully saturated rings. The van der Waals surface area contributed by atoms with Crippen LogP contribution >= 0.6 is 0 Å². The summed E-state index contributed by atoms with van der Waals surface area (Å²) in [5, 5.41) is 8.97. The van der Waals surface area contributed by atoms with Gasteiger partial charge in [0.25, 0.3) is 0 Å². The van der Waals surface area contributed by atoms with Gasteiger partial charge >= 0.3 is 12.2 Å². The molecule has 8 heteroatoms. The second kappa shape index (κ2) is 7.83. The predicted octanol–water partition coefficient (Wildman–Crippen LogP) is 4.31. The molecule has 0 amide bonds. The second-order valence-electron chi connectivity index (χ2n) is 5.31. The molecule has 0 spiro atoms. The van der Waals surface area contributed by atoms with Gasteiger partial charge in [0, 0.05) is 18.9 Å². The molecule has 1 heterocycles. The van der Waals surface area contributed by atoms with Crippen molar-refractivity contribution in [2.24, 2.45) is 0 Å². The van der Waals surface area contributed by atoms with Crippen molar-refractivity contribution in [3.63, 3.8) is 0 Å². The van der Waals surface area contributed by atoms with Gasteiger partial charge in [0.05, 0.1) is 18.2 Å². The average Bonchev–Trinajstić information content (AvgIpc) is 2.60. The van der Waals surface area contributed by atoms with Gasteiger partial charge in [-0.15, -0.1) is 0 Å². The van der Waals surface area contributed by atoms with E-state index >= 15 is 0 Å². The van der Waals surface area contributed by atoms with Crippen LogP contribution in [0.5, 0.6) is 6.01 Å². The normalized spacial score (nSPS) is 11.0. The Morgan fingerprint density at radius 2 is 2.08 bits per heavy atom. The maximum atomic E-state index is 13.3. The fraction of sp³-hybridized carbons (Fsp3) is 0.353. The van der Waals surface area contributed by atoms with Crippen LogP contribution in [0.15, 0.2) is 30.5 Å². The van der Waals surface area contributed by atoms with E-state index in [2.05, 4.69) is 9.97 Å². The van der Waals surface area contributed by atoms with Crippen molar-refractivity contribution in [2.45, 2.75) is 25.9 Å². The van der Waals surface area contributed by atoms with E-state index < -0.39 is 11.7 Å². The molecule has 132 valence electrons. The third kappa shape index (κ3) is 4.59. The number of hydrogen-bond donors (Lipinski definition) is 0. The number of nitriles is 1. The number of hydrogen-bond acceptors (Lipinski definition) is 5. The SMILES string of the molecule is CCCCOc1ncc(C(F)(F)F)c(N(C)c2cccc(C#N)c2)n1. The quantitative estimate of drug-likeness (QED) is 0.726. The lowest BCUT2D eigenvalue weighted by Crippen LogP contribution is -2.19. The number of rotatable bonds is 6. The lowest BCUT2D eigenvalue weighted by Gasteiger charge is -2.22. The Morgan fingerprint density at radius 1 is 1.32 bits per heavy atom. The van der Waals surface area contributed by atoms with E-state index in [1.807, 2.05) is 13.0 Å². The molecule has 0 aliphatic heterocycles. The molecule has 0 unspecified atom stereocenters. The fourth-order valence-corrected chi connectivity index (χ4v) is 2.10. The van der Waals surface area contributed by atoms with E-state index in [-0.39, 0.29) is 11.8 Å². The highest BCUT2D eigenvalue weighted by Crippen LogP contribution is 2.37. The number of anilines is 2. The van der Waals surface area contributed by atoms with Crippen LogP contribution in [0.1, 0.15) is 30.9 Å². The maximum absolute atomic E-state index is 13.3. The number of aromatic nitrogens is 2. The van der Waals surface area contributed by atoms with Crippen LogP contribution < -0.4 is 9.64 Å². The van der Waals surface area contributed by atoms with Crippen molar-refractivity contribution in [1.29, 1.82) is 5.26 Å². The van der Waals surface area contributed by atoms with Crippen LogP contribution in [0.4, 0.5) is 24.7 Å². The number of nitrogens with zero attached hydrogens (tertiary/aromatic N) is 4. The summed E-state index contributed by atoms with van der Waals surface area (Å²) in [4.78, 5) is 8.85. The number of alkyl halides is 3. The van der Waals surface area contributed by atoms with Crippen molar-refractivity contribution in [2.75, 3.05) is 18.6 Å². The third-order valence-corrected chi connectivity index (χ3v) is 3.46. The van der Waals surface area contributed by atoms with Crippen LogP contribution in [-0.4, -0.2) is 23.6 Å². The molecule has 0 N–H and O–H groups in total. The number of unbranched alkanes of at least 4 members (excludes halogenated alkanes) is 1. The number of halogens is 3. The molecule has 1 aromatic carbocycles. The minimum Gasteiger partial charge on any atom is -0.463 e. The van der Waals surface area contributed by atoms with Gasteiger partial charge in [0.1, 0.15) is 5.56 Å². The highest BCUT2D eigenvalue weighted by atomic mass is 19.4. The van der Waals surface area contributed by atoms with Gasteiger partial charge in [0.2, 0.25) is 0 Å².